The highest BCUT2D eigenvalue weighted by Crippen LogP contribution is 2.16. The van der Waals surface area contributed by atoms with E-state index in [1.807, 2.05) is 30.3 Å². The minimum Gasteiger partial charge on any atom is -0.274 e. The van der Waals surface area contributed by atoms with Gasteiger partial charge in [0, 0.05) is 20.3 Å². The standard InChI is InChI=1S/C13H15N3O2S/c1-15-11-13(10-14-15)16(2)19(17,18)9-8-12-6-4-3-5-7-12/h3-11H,1-2H3/b9-8+. The van der Waals surface area contributed by atoms with Gasteiger partial charge < -0.3 is 0 Å². The van der Waals surface area contributed by atoms with Crippen molar-refractivity contribution < 1.29 is 8.42 Å². The predicted molar refractivity (Wildman–Crippen MR) is 76.0 cm³/mol. The van der Waals surface area contributed by atoms with E-state index in [4.69, 9.17) is 0 Å². The second kappa shape index (κ2) is 5.27. The highest BCUT2D eigenvalue weighted by Gasteiger charge is 2.15. The Morgan fingerprint density at radius 3 is 2.53 bits per heavy atom. The number of hydrogen-bond donors (Lipinski definition) is 0. The van der Waals surface area contributed by atoms with Gasteiger partial charge in [0.05, 0.1) is 17.3 Å². The van der Waals surface area contributed by atoms with E-state index in [0.717, 1.165) is 5.56 Å². The topological polar surface area (TPSA) is 55.2 Å². The van der Waals surface area contributed by atoms with Crippen LogP contribution in [-0.2, 0) is 17.1 Å². The smallest absolute Gasteiger partial charge is 0.257 e. The Hall–Kier alpha value is -2.08. The molecule has 1 aromatic carbocycles. The molecule has 0 radical (unpaired) electrons. The summed E-state index contributed by atoms with van der Waals surface area (Å²) in [6.45, 7) is 0. The van der Waals surface area contributed by atoms with Crippen molar-refractivity contribution >= 4 is 21.8 Å². The normalized spacial score (nSPS) is 11.9. The van der Waals surface area contributed by atoms with Crippen molar-refractivity contribution in [3.05, 3.63) is 53.7 Å². The summed E-state index contributed by atoms with van der Waals surface area (Å²) in [4.78, 5) is 0. The van der Waals surface area contributed by atoms with Crippen molar-refractivity contribution in [3.63, 3.8) is 0 Å². The van der Waals surface area contributed by atoms with Crippen molar-refractivity contribution in [3.8, 4) is 0 Å². The van der Waals surface area contributed by atoms with Crippen LogP contribution < -0.4 is 4.31 Å². The predicted octanol–water partition coefficient (Wildman–Crippen LogP) is 1.86. The Morgan fingerprint density at radius 1 is 1.26 bits per heavy atom. The van der Waals surface area contributed by atoms with Crippen molar-refractivity contribution in [1.29, 1.82) is 0 Å². The van der Waals surface area contributed by atoms with E-state index < -0.39 is 10.0 Å². The van der Waals surface area contributed by atoms with Crippen LogP contribution in [0.2, 0.25) is 0 Å². The minimum atomic E-state index is -3.50. The fourth-order valence-corrected chi connectivity index (χ4v) is 2.44. The van der Waals surface area contributed by atoms with Gasteiger partial charge in [0.1, 0.15) is 0 Å². The highest BCUT2D eigenvalue weighted by molar-refractivity contribution is 7.95. The molecule has 0 aliphatic carbocycles. The summed E-state index contributed by atoms with van der Waals surface area (Å²) < 4.78 is 27.0. The number of rotatable bonds is 4. The maximum atomic E-state index is 12.1. The molecule has 2 aromatic rings. The fraction of sp³-hybridized carbons (Fsp3) is 0.154. The first-order valence-electron chi connectivity index (χ1n) is 5.70. The van der Waals surface area contributed by atoms with Crippen molar-refractivity contribution in [1.82, 2.24) is 9.78 Å². The Labute approximate surface area is 112 Å². The van der Waals surface area contributed by atoms with Crippen LogP contribution >= 0.6 is 0 Å². The van der Waals surface area contributed by atoms with Gasteiger partial charge in [-0.2, -0.15) is 5.10 Å². The van der Waals surface area contributed by atoms with Crippen molar-refractivity contribution in [2.75, 3.05) is 11.4 Å². The number of nitrogens with zero attached hydrogens (tertiary/aromatic N) is 3. The Balaban J connectivity index is 2.21. The Bertz CT molecular complexity index is 675. The van der Waals surface area contributed by atoms with E-state index in [0.29, 0.717) is 5.69 Å². The maximum absolute atomic E-state index is 12.1. The van der Waals surface area contributed by atoms with Gasteiger partial charge in [-0.3, -0.25) is 8.99 Å². The molecule has 0 amide bonds. The zero-order valence-corrected chi connectivity index (χ0v) is 11.6. The summed E-state index contributed by atoms with van der Waals surface area (Å²) in [6, 6.07) is 9.29. The van der Waals surface area contributed by atoms with E-state index in [-0.39, 0.29) is 0 Å². The molecular formula is C13H15N3O2S. The van der Waals surface area contributed by atoms with E-state index in [2.05, 4.69) is 5.10 Å². The molecule has 100 valence electrons. The molecule has 0 saturated carbocycles. The lowest BCUT2D eigenvalue weighted by Gasteiger charge is -2.14. The largest absolute Gasteiger partial charge is 0.274 e. The molecule has 0 atom stereocenters. The van der Waals surface area contributed by atoms with Gasteiger partial charge >= 0.3 is 0 Å². The molecular weight excluding hydrogens is 262 g/mol. The summed E-state index contributed by atoms with van der Waals surface area (Å²) >= 11 is 0. The molecule has 6 heteroatoms. The summed E-state index contributed by atoms with van der Waals surface area (Å²) in [7, 11) is -0.257. The number of hydrogen-bond acceptors (Lipinski definition) is 3. The minimum absolute atomic E-state index is 0.528. The van der Waals surface area contributed by atoms with Crippen LogP contribution in [0.3, 0.4) is 0 Å². The molecule has 5 nitrogen and oxygen atoms in total. The van der Waals surface area contributed by atoms with E-state index in [1.165, 1.54) is 23.0 Å². The van der Waals surface area contributed by atoms with Crippen LogP contribution in [-0.4, -0.2) is 25.2 Å². The summed E-state index contributed by atoms with van der Waals surface area (Å²) in [6.07, 6.45) is 4.73. The molecule has 0 spiro atoms. The molecule has 0 unspecified atom stereocenters. The first-order valence-corrected chi connectivity index (χ1v) is 7.20. The van der Waals surface area contributed by atoms with Crippen LogP contribution in [0.25, 0.3) is 6.08 Å². The third-order valence-corrected chi connectivity index (χ3v) is 4.12. The van der Waals surface area contributed by atoms with Gasteiger partial charge in [-0.05, 0) is 11.6 Å². The van der Waals surface area contributed by atoms with Gasteiger partial charge in [-0.15, -0.1) is 0 Å². The first-order chi connectivity index (χ1) is 8.99. The third kappa shape index (κ3) is 3.23. The van der Waals surface area contributed by atoms with E-state index in [9.17, 15) is 8.42 Å². The van der Waals surface area contributed by atoms with Crippen LogP contribution in [0, 0.1) is 0 Å². The molecule has 19 heavy (non-hydrogen) atoms. The number of benzene rings is 1. The van der Waals surface area contributed by atoms with Gasteiger partial charge in [-0.1, -0.05) is 30.3 Å². The van der Waals surface area contributed by atoms with Gasteiger partial charge in [0.2, 0.25) is 0 Å². The van der Waals surface area contributed by atoms with E-state index in [1.54, 1.807) is 24.0 Å². The first kappa shape index (κ1) is 13.4. The quantitative estimate of drug-likeness (QED) is 0.857. The highest BCUT2D eigenvalue weighted by atomic mass is 32.2. The average Bonchev–Trinajstić information content (AvgIpc) is 2.83. The molecule has 0 saturated heterocycles. The summed E-state index contributed by atoms with van der Waals surface area (Å²) in [5.74, 6) is 0. The lowest BCUT2D eigenvalue weighted by molar-refractivity contribution is 0.603. The SMILES string of the molecule is CN(c1cnn(C)c1)S(=O)(=O)/C=C/c1ccccc1. The second-order valence-corrected chi connectivity index (χ2v) is 5.95. The van der Waals surface area contributed by atoms with Gasteiger partial charge in [0.25, 0.3) is 10.0 Å². The number of anilines is 1. The lowest BCUT2D eigenvalue weighted by atomic mass is 10.2. The summed E-state index contributed by atoms with van der Waals surface area (Å²) in [5, 5.41) is 5.15. The number of aryl methyl sites for hydroxylation is 1. The number of aromatic nitrogens is 2. The number of sulfonamides is 1. The molecule has 1 heterocycles. The van der Waals surface area contributed by atoms with Crippen LogP contribution in [0.1, 0.15) is 5.56 Å². The zero-order valence-electron chi connectivity index (χ0n) is 10.8. The second-order valence-electron chi connectivity index (χ2n) is 4.10. The van der Waals surface area contributed by atoms with Crippen molar-refractivity contribution in [2.45, 2.75) is 0 Å². The average molecular weight is 277 g/mol. The van der Waals surface area contributed by atoms with Crippen LogP contribution in [0.4, 0.5) is 5.69 Å². The van der Waals surface area contributed by atoms with Crippen molar-refractivity contribution in [2.24, 2.45) is 7.05 Å². The maximum Gasteiger partial charge on any atom is 0.257 e. The Morgan fingerprint density at radius 2 is 1.95 bits per heavy atom. The third-order valence-electron chi connectivity index (χ3n) is 2.67. The summed E-state index contributed by atoms with van der Waals surface area (Å²) in [5.41, 5.74) is 1.37. The molecule has 2 rings (SSSR count). The fourth-order valence-electron chi connectivity index (χ4n) is 1.54. The molecule has 0 aliphatic heterocycles. The zero-order chi connectivity index (χ0) is 13.9. The van der Waals surface area contributed by atoms with Crippen LogP contribution in [0.15, 0.2) is 48.1 Å². The molecule has 0 aliphatic rings. The lowest BCUT2D eigenvalue weighted by Crippen LogP contribution is -2.23. The molecule has 1 aromatic heterocycles. The van der Waals surface area contributed by atoms with Gasteiger partial charge in [-0.25, -0.2) is 8.42 Å². The molecule has 0 bridgehead atoms. The molecule has 0 fully saturated rings. The van der Waals surface area contributed by atoms with Crippen LogP contribution in [0.5, 0.6) is 0 Å². The molecule has 0 N–H and O–H groups in total. The van der Waals surface area contributed by atoms with Gasteiger partial charge in [0.15, 0.2) is 0 Å². The van der Waals surface area contributed by atoms with E-state index >= 15 is 0 Å². The Kier molecular flexibility index (Phi) is 3.71. The monoisotopic (exact) mass is 277 g/mol.